The monoisotopic (exact) mass is 332 g/mol. The molecule has 0 spiro atoms. The van der Waals surface area contributed by atoms with Crippen LogP contribution in [0, 0.1) is 31.0 Å². The lowest BCUT2D eigenvalue weighted by atomic mass is 10.0. The molecule has 0 aliphatic rings. The Morgan fingerprint density at radius 2 is 1.96 bits per heavy atom. The molecule has 0 saturated heterocycles. The van der Waals surface area contributed by atoms with Crippen LogP contribution in [0.1, 0.15) is 34.3 Å². The Morgan fingerprint density at radius 3 is 2.64 bits per heavy atom. The van der Waals surface area contributed by atoms with Gasteiger partial charge in [0.1, 0.15) is 11.9 Å². The first kappa shape index (κ1) is 16.6. The van der Waals surface area contributed by atoms with E-state index in [1.165, 1.54) is 12.1 Å². The number of hydrogen-bond donors (Lipinski definition) is 1. The first-order chi connectivity index (χ1) is 12.1. The van der Waals surface area contributed by atoms with Gasteiger partial charge in [-0.1, -0.05) is 18.2 Å². The molecule has 1 atom stereocenters. The Bertz CT molecular complexity index is 932. The summed E-state index contributed by atoms with van der Waals surface area (Å²) >= 11 is 0. The smallest absolute Gasteiger partial charge is 0.123 e. The minimum atomic E-state index is -0.384. The highest BCUT2D eigenvalue weighted by molar-refractivity contribution is 5.61. The van der Waals surface area contributed by atoms with Crippen molar-refractivity contribution in [3.8, 4) is 6.07 Å². The van der Waals surface area contributed by atoms with E-state index < -0.39 is 0 Å². The van der Waals surface area contributed by atoms with Crippen molar-refractivity contribution in [2.24, 2.45) is 0 Å². The molecule has 0 amide bonds. The largest absolute Gasteiger partial charge is 0.372 e. The van der Waals surface area contributed by atoms with E-state index in [0.29, 0.717) is 16.9 Å². The third kappa shape index (κ3) is 3.64. The number of anilines is 1. The molecule has 0 aliphatic heterocycles. The summed E-state index contributed by atoms with van der Waals surface area (Å²) in [6.07, 6.45) is 1.69. The standard InChI is InChI=1S/C20H17FN4/c1-13-10-19(17(12-22)14(2)24-13)25-20(18-8-3-4-9-23-18)15-6-5-7-16(21)11-15/h3-11,20H,1-2H3,(H,24,25). The Morgan fingerprint density at radius 1 is 1.12 bits per heavy atom. The van der Waals surface area contributed by atoms with E-state index in [2.05, 4.69) is 21.4 Å². The molecule has 0 aliphatic carbocycles. The summed E-state index contributed by atoms with van der Waals surface area (Å²) in [4.78, 5) is 8.73. The fraction of sp³-hybridized carbons (Fsp3) is 0.150. The molecule has 124 valence electrons. The van der Waals surface area contributed by atoms with Gasteiger partial charge < -0.3 is 5.32 Å². The van der Waals surface area contributed by atoms with Crippen LogP contribution >= 0.6 is 0 Å². The number of nitrogens with one attached hydrogen (secondary N) is 1. The van der Waals surface area contributed by atoms with E-state index in [-0.39, 0.29) is 11.9 Å². The summed E-state index contributed by atoms with van der Waals surface area (Å²) in [5.74, 6) is -0.317. The van der Waals surface area contributed by atoms with E-state index in [1.807, 2.05) is 37.3 Å². The Labute approximate surface area is 146 Å². The fourth-order valence-corrected chi connectivity index (χ4v) is 2.80. The van der Waals surface area contributed by atoms with Gasteiger partial charge in [0.05, 0.1) is 28.7 Å². The third-order valence-electron chi connectivity index (χ3n) is 3.91. The van der Waals surface area contributed by atoms with E-state index in [1.54, 1.807) is 19.2 Å². The highest BCUT2D eigenvalue weighted by Crippen LogP contribution is 2.28. The van der Waals surface area contributed by atoms with Crippen LogP contribution in [0.2, 0.25) is 0 Å². The van der Waals surface area contributed by atoms with Gasteiger partial charge in [0.2, 0.25) is 0 Å². The lowest BCUT2D eigenvalue weighted by molar-refractivity contribution is 0.624. The quantitative estimate of drug-likeness (QED) is 0.773. The zero-order valence-electron chi connectivity index (χ0n) is 14.0. The molecule has 25 heavy (non-hydrogen) atoms. The fourth-order valence-electron chi connectivity index (χ4n) is 2.80. The summed E-state index contributed by atoms with van der Waals surface area (Å²) in [5, 5.41) is 12.8. The molecule has 0 saturated carbocycles. The minimum Gasteiger partial charge on any atom is -0.372 e. The highest BCUT2D eigenvalue weighted by Gasteiger charge is 2.18. The summed E-state index contributed by atoms with van der Waals surface area (Å²) in [6, 6.07) is 15.6. The number of aromatic nitrogens is 2. The third-order valence-corrected chi connectivity index (χ3v) is 3.91. The second kappa shape index (κ2) is 7.10. The summed E-state index contributed by atoms with van der Waals surface area (Å²) in [6.45, 7) is 3.67. The van der Waals surface area contributed by atoms with Crippen molar-refractivity contribution < 1.29 is 4.39 Å². The molecule has 3 rings (SSSR count). The van der Waals surface area contributed by atoms with Gasteiger partial charge in [0, 0.05) is 11.9 Å². The molecule has 0 bridgehead atoms. The van der Waals surface area contributed by atoms with Crippen LogP contribution < -0.4 is 5.32 Å². The molecule has 2 aromatic heterocycles. The van der Waals surface area contributed by atoms with E-state index in [4.69, 9.17) is 0 Å². The van der Waals surface area contributed by atoms with Gasteiger partial charge in [-0.3, -0.25) is 9.97 Å². The van der Waals surface area contributed by atoms with Crippen LogP contribution in [-0.4, -0.2) is 9.97 Å². The zero-order chi connectivity index (χ0) is 17.8. The van der Waals surface area contributed by atoms with Gasteiger partial charge in [-0.25, -0.2) is 4.39 Å². The van der Waals surface area contributed by atoms with Gasteiger partial charge in [-0.05, 0) is 49.7 Å². The molecule has 4 nitrogen and oxygen atoms in total. The van der Waals surface area contributed by atoms with Crippen molar-refractivity contribution in [2.45, 2.75) is 19.9 Å². The average molecular weight is 332 g/mol. The molecule has 0 radical (unpaired) electrons. The van der Waals surface area contributed by atoms with E-state index in [0.717, 1.165) is 17.0 Å². The average Bonchev–Trinajstić information content (AvgIpc) is 2.60. The van der Waals surface area contributed by atoms with Crippen molar-refractivity contribution in [3.05, 3.63) is 88.8 Å². The molecule has 3 aromatic rings. The summed E-state index contributed by atoms with van der Waals surface area (Å²) in [5.41, 5.74) is 4.07. The molecule has 0 fully saturated rings. The van der Waals surface area contributed by atoms with Crippen molar-refractivity contribution in [1.29, 1.82) is 5.26 Å². The lowest BCUT2D eigenvalue weighted by Crippen LogP contribution is -2.15. The normalized spacial score (nSPS) is 11.6. The summed E-state index contributed by atoms with van der Waals surface area (Å²) in [7, 11) is 0. The predicted molar refractivity (Wildman–Crippen MR) is 94.5 cm³/mol. The first-order valence-electron chi connectivity index (χ1n) is 7.90. The topological polar surface area (TPSA) is 61.6 Å². The zero-order valence-corrected chi connectivity index (χ0v) is 14.0. The van der Waals surface area contributed by atoms with E-state index in [9.17, 15) is 9.65 Å². The number of benzene rings is 1. The number of nitriles is 1. The van der Waals surface area contributed by atoms with E-state index >= 15 is 0 Å². The number of hydrogen-bond acceptors (Lipinski definition) is 4. The molecular weight excluding hydrogens is 315 g/mol. The second-order valence-corrected chi connectivity index (χ2v) is 5.77. The van der Waals surface area contributed by atoms with Crippen molar-refractivity contribution >= 4 is 5.69 Å². The van der Waals surface area contributed by atoms with Gasteiger partial charge in [-0.2, -0.15) is 5.26 Å². The van der Waals surface area contributed by atoms with Crippen LogP contribution in [0.25, 0.3) is 0 Å². The van der Waals surface area contributed by atoms with Gasteiger partial charge >= 0.3 is 0 Å². The number of aryl methyl sites for hydroxylation is 2. The highest BCUT2D eigenvalue weighted by atomic mass is 19.1. The van der Waals surface area contributed by atoms with Crippen LogP contribution in [-0.2, 0) is 0 Å². The maximum atomic E-state index is 13.7. The van der Waals surface area contributed by atoms with Crippen LogP contribution in [0.15, 0.2) is 54.7 Å². The molecular formula is C20H17FN4. The molecule has 1 N–H and O–H groups in total. The second-order valence-electron chi connectivity index (χ2n) is 5.77. The van der Waals surface area contributed by atoms with Crippen LogP contribution in [0.3, 0.4) is 0 Å². The molecule has 2 heterocycles. The van der Waals surface area contributed by atoms with Crippen LogP contribution in [0.5, 0.6) is 0 Å². The predicted octanol–water partition coefficient (Wildman–Crippen LogP) is 4.31. The lowest BCUT2D eigenvalue weighted by Gasteiger charge is -2.21. The van der Waals surface area contributed by atoms with Gasteiger partial charge in [-0.15, -0.1) is 0 Å². The Kier molecular flexibility index (Phi) is 4.71. The van der Waals surface area contributed by atoms with Crippen molar-refractivity contribution in [3.63, 3.8) is 0 Å². The maximum Gasteiger partial charge on any atom is 0.123 e. The van der Waals surface area contributed by atoms with Crippen LogP contribution in [0.4, 0.5) is 10.1 Å². The minimum absolute atomic E-state index is 0.317. The number of rotatable bonds is 4. The first-order valence-corrected chi connectivity index (χ1v) is 7.90. The van der Waals surface area contributed by atoms with Crippen molar-refractivity contribution in [1.82, 2.24) is 9.97 Å². The molecule has 5 heteroatoms. The number of nitrogens with zero attached hydrogens (tertiary/aromatic N) is 3. The van der Waals surface area contributed by atoms with Crippen molar-refractivity contribution in [2.75, 3.05) is 5.32 Å². The number of pyridine rings is 2. The molecule has 1 unspecified atom stereocenters. The Balaban J connectivity index is 2.10. The van der Waals surface area contributed by atoms with Gasteiger partial charge in [0.15, 0.2) is 0 Å². The number of halogens is 1. The Hall–Kier alpha value is -3.26. The molecule has 1 aromatic carbocycles. The summed E-state index contributed by atoms with van der Waals surface area (Å²) < 4.78 is 13.7. The van der Waals surface area contributed by atoms with Gasteiger partial charge in [0.25, 0.3) is 0 Å². The maximum absolute atomic E-state index is 13.7. The SMILES string of the molecule is Cc1cc(NC(c2cccc(F)c2)c2ccccn2)c(C#N)c(C)n1.